The molecule has 0 unspecified atom stereocenters. The highest BCUT2D eigenvalue weighted by atomic mass is 32.2. The molecule has 1 aromatic rings. The zero-order valence-corrected chi connectivity index (χ0v) is 10.7. The first kappa shape index (κ1) is 13.5. The van der Waals surface area contributed by atoms with Gasteiger partial charge in [0.2, 0.25) is 0 Å². The Balaban J connectivity index is 2.00. The Bertz CT molecular complexity index is 395. The number of rotatable bonds is 3. The van der Waals surface area contributed by atoms with Crippen molar-refractivity contribution in [1.29, 1.82) is 0 Å². The molecule has 6 heteroatoms. The molecule has 0 aliphatic carbocycles. The van der Waals surface area contributed by atoms with Gasteiger partial charge in [-0.15, -0.1) is 0 Å². The topological polar surface area (TPSA) is 15.3 Å². The largest absolute Gasteiger partial charge is 0.441 e. The molecule has 0 spiro atoms. The van der Waals surface area contributed by atoms with E-state index in [0.717, 1.165) is 30.9 Å². The van der Waals surface area contributed by atoms with Crippen molar-refractivity contribution >= 4 is 17.4 Å². The van der Waals surface area contributed by atoms with Crippen LogP contribution in [0.1, 0.15) is 5.56 Å². The molecule has 0 aromatic heterocycles. The average molecular weight is 276 g/mol. The van der Waals surface area contributed by atoms with E-state index in [1.165, 1.54) is 0 Å². The van der Waals surface area contributed by atoms with Gasteiger partial charge in [-0.25, -0.2) is 0 Å². The van der Waals surface area contributed by atoms with Crippen molar-refractivity contribution in [2.45, 2.75) is 12.1 Å². The van der Waals surface area contributed by atoms with Crippen molar-refractivity contribution in [2.24, 2.45) is 0 Å². The third-order valence-corrected chi connectivity index (χ3v) is 3.55. The van der Waals surface area contributed by atoms with Gasteiger partial charge in [-0.05, 0) is 23.4 Å². The van der Waals surface area contributed by atoms with Crippen LogP contribution >= 0.6 is 11.8 Å². The van der Waals surface area contributed by atoms with Gasteiger partial charge >= 0.3 is 5.51 Å². The summed E-state index contributed by atoms with van der Waals surface area (Å²) in [7, 11) is 0. The lowest BCUT2D eigenvalue weighted by molar-refractivity contribution is -0.0327. The first-order valence-electron chi connectivity index (χ1n) is 5.80. The molecule has 1 N–H and O–H groups in total. The maximum atomic E-state index is 12.1. The van der Waals surface area contributed by atoms with Crippen LogP contribution in [0.4, 0.5) is 18.9 Å². The lowest BCUT2D eigenvalue weighted by atomic mass is 10.1. The fourth-order valence-electron chi connectivity index (χ4n) is 2.03. The number of fused-ring (bicyclic) bond motifs is 1. The number of hydrogen-bond acceptors (Lipinski definition) is 3. The number of halogens is 3. The van der Waals surface area contributed by atoms with Gasteiger partial charge < -0.3 is 10.2 Å². The second kappa shape index (κ2) is 5.84. The molecule has 0 saturated heterocycles. The van der Waals surface area contributed by atoms with Gasteiger partial charge in [-0.3, -0.25) is 0 Å². The molecular formula is C12H15F3N2S. The van der Waals surface area contributed by atoms with Gasteiger partial charge in [0.05, 0.1) is 0 Å². The van der Waals surface area contributed by atoms with Crippen LogP contribution in [0.15, 0.2) is 24.3 Å². The number of nitrogens with one attached hydrogen (secondary N) is 1. The van der Waals surface area contributed by atoms with Crippen LogP contribution in [0, 0.1) is 0 Å². The van der Waals surface area contributed by atoms with E-state index in [-0.39, 0.29) is 17.5 Å². The summed E-state index contributed by atoms with van der Waals surface area (Å²) in [6.45, 7) is 2.74. The number of para-hydroxylation sites is 1. The molecule has 0 amide bonds. The van der Waals surface area contributed by atoms with Crippen molar-refractivity contribution in [1.82, 2.24) is 5.32 Å². The number of thioether (sulfide) groups is 1. The summed E-state index contributed by atoms with van der Waals surface area (Å²) in [5.74, 6) is 0.0673. The first-order chi connectivity index (χ1) is 8.56. The van der Waals surface area contributed by atoms with E-state index in [2.05, 4.69) is 5.32 Å². The van der Waals surface area contributed by atoms with Crippen LogP contribution in [0.5, 0.6) is 0 Å². The van der Waals surface area contributed by atoms with E-state index in [1.54, 1.807) is 0 Å². The van der Waals surface area contributed by atoms with Crippen LogP contribution in [0.3, 0.4) is 0 Å². The van der Waals surface area contributed by atoms with Crippen molar-refractivity contribution in [3.63, 3.8) is 0 Å². The zero-order chi connectivity index (χ0) is 13.0. The summed E-state index contributed by atoms with van der Waals surface area (Å²) in [5, 5.41) is 3.27. The molecule has 0 fully saturated rings. The minimum absolute atomic E-state index is 0.0466. The third kappa shape index (κ3) is 3.81. The molecular weight excluding hydrogens is 261 g/mol. The Morgan fingerprint density at radius 2 is 2.06 bits per heavy atom. The molecule has 1 aliphatic heterocycles. The lowest BCUT2D eigenvalue weighted by Gasteiger charge is -2.24. The molecule has 0 atom stereocenters. The second-order valence-electron chi connectivity index (χ2n) is 4.09. The van der Waals surface area contributed by atoms with Gasteiger partial charge in [-0.1, -0.05) is 18.2 Å². The summed E-state index contributed by atoms with van der Waals surface area (Å²) in [6.07, 6.45) is 0. The predicted molar refractivity (Wildman–Crippen MR) is 68.9 cm³/mol. The number of nitrogens with zero attached hydrogens (tertiary/aromatic N) is 1. The Morgan fingerprint density at radius 3 is 2.83 bits per heavy atom. The Morgan fingerprint density at radius 1 is 1.28 bits per heavy atom. The van der Waals surface area contributed by atoms with Crippen molar-refractivity contribution in [2.75, 3.05) is 30.3 Å². The smallest absolute Gasteiger partial charge is 0.369 e. The fraction of sp³-hybridized carbons (Fsp3) is 0.500. The van der Waals surface area contributed by atoms with Crippen LogP contribution in [0.25, 0.3) is 0 Å². The predicted octanol–water partition coefficient (Wildman–Crippen LogP) is 2.85. The van der Waals surface area contributed by atoms with Crippen LogP contribution in [-0.2, 0) is 6.54 Å². The minimum atomic E-state index is -4.14. The molecule has 1 heterocycles. The summed E-state index contributed by atoms with van der Waals surface area (Å²) in [4.78, 5) is 2.02. The first-order valence-corrected chi connectivity index (χ1v) is 6.79. The van der Waals surface area contributed by atoms with E-state index < -0.39 is 5.51 Å². The van der Waals surface area contributed by atoms with E-state index in [1.807, 2.05) is 29.2 Å². The highest BCUT2D eigenvalue weighted by Gasteiger charge is 2.28. The average Bonchev–Trinajstić information content (AvgIpc) is 2.51. The summed E-state index contributed by atoms with van der Waals surface area (Å²) in [6, 6.07) is 7.86. The molecule has 2 rings (SSSR count). The number of anilines is 1. The Kier molecular flexibility index (Phi) is 4.40. The highest BCUT2D eigenvalue weighted by Crippen LogP contribution is 2.30. The van der Waals surface area contributed by atoms with Crippen molar-refractivity contribution in [3.05, 3.63) is 29.8 Å². The van der Waals surface area contributed by atoms with Gasteiger partial charge in [-0.2, -0.15) is 13.2 Å². The lowest BCUT2D eigenvalue weighted by Crippen LogP contribution is -2.31. The summed E-state index contributed by atoms with van der Waals surface area (Å²) in [5.41, 5.74) is -1.94. The van der Waals surface area contributed by atoms with Gasteiger partial charge in [0, 0.05) is 37.6 Å². The Hall–Kier alpha value is -0.880. The second-order valence-corrected chi connectivity index (χ2v) is 5.25. The van der Waals surface area contributed by atoms with E-state index in [4.69, 9.17) is 0 Å². The zero-order valence-electron chi connectivity index (χ0n) is 9.83. The molecule has 1 aliphatic rings. The maximum absolute atomic E-state index is 12.1. The molecule has 100 valence electrons. The van der Waals surface area contributed by atoms with Gasteiger partial charge in [0.25, 0.3) is 0 Å². The quantitative estimate of drug-likeness (QED) is 0.914. The molecule has 2 nitrogen and oxygen atoms in total. The standard InChI is InChI=1S/C12H15F3N2S/c13-12(14,15)18-8-7-17-6-5-16-9-10-3-1-2-4-11(10)17/h1-4,16H,5-9H2. The van der Waals surface area contributed by atoms with Crippen LogP contribution in [0.2, 0.25) is 0 Å². The SMILES string of the molecule is FC(F)(F)SCCN1CCNCc2ccccc21. The van der Waals surface area contributed by atoms with Gasteiger partial charge in [0.15, 0.2) is 0 Å². The molecule has 0 radical (unpaired) electrons. The van der Waals surface area contributed by atoms with Crippen LogP contribution in [-0.4, -0.2) is 30.9 Å². The fourth-order valence-corrected chi connectivity index (χ4v) is 2.57. The van der Waals surface area contributed by atoms with E-state index in [0.29, 0.717) is 6.54 Å². The number of hydrogen-bond donors (Lipinski definition) is 1. The number of alkyl halides is 3. The summed E-state index contributed by atoms with van der Waals surface area (Å²) >= 11 is 0.0466. The monoisotopic (exact) mass is 276 g/mol. The minimum Gasteiger partial charge on any atom is -0.369 e. The van der Waals surface area contributed by atoms with Gasteiger partial charge in [0.1, 0.15) is 0 Å². The summed E-state index contributed by atoms with van der Waals surface area (Å²) < 4.78 is 36.4. The molecule has 0 saturated carbocycles. The van der Waals surface area contributed by atoms with E-state index in [9.17, 15) is 13.2 Å². The molecule has 1 aromatic carbocycles. The normalized spacial score (nSPS) is 16.3. The molecule has 18 heavy (non-hydrogen) atoms. The third-order valence-electron chi connectivity index (χ3n) is 2.83. The van der Waals surface area contributed by atoms with Crippen molar-refractivity contribution in [3.8, 4) is 0 Å². The molecule has 0 bridgehead atoms. The number of benzene rings is 1. The Labute approximate surface area is 109 Å². The maximum Gasteiger partial charge on any atom is 0.441 e. The van der Waals surface area contributed by atoms with E-state index >= 15 is 0 Å². The van der Waals surface area contributed by atoms with Crippen molar-refractivity contribution < 1.29 is 13.2 Å². The van der Waals surface area contributed by atoms with Crippen LogP contribution < -0.4 is 10.2 Å². The highest BCUT2D eigenvalue weighted by molar-refractivity contribution is 8.00.